The minimum Gasteiger partial charge on any atom is -0.457 e. The molecule has 9 heteroatoms. The molecule has 4 bridgehead atoms. The number of hydrogen-bond acceptors (Lipinski definition) is 6. The van der Waals surface area contributed by atoms with Crippen molar-refractivity contribution in [3.8, 4) is 34.5 Å². The Morgan fingerprint density at radius 1 is 0.488 bits per heavy atom. The molecule has 4 aromatic rings. The highest BCUT2D eigenvalue weighted by molar-refractivity contribution is 9.11. The van der Waals surface area contributed by atoms with Crippen LogP contribution in [-0.4, -0.2) is 0 Å². The van der Waals surface area contributed by atoms with Crippen molar-refractivity contribution in [2.75, 3.05) is 17.2 Å². The highest BCUT2D eigenvalue weighted by Gasteiger charge is 2.49. The molecule has 43 heavy (non-hydrogen) atoms. The first-order chi connectivity index (χ1) is 20.7. The number of anilines is 3. The molecule has 0 saturated heterocycles. The standard InChI is InChI=1S/C34H32Br3N3O3/c35-25-4-1-21(12-28(25)38)41-31-16-33(43-23-3-6-27(37)30(40)14-23)32(42-22-2-5-26(36)29(39)13-22)15-24(31)34-19-8-17-7-18(10-19)11-20(34)9-17/h1-6,12-20,34H,7-11,38-40H2. The number of benzene rings is 4. The van der Waals surface area contributed by atoms with Gasteiger partial charge in [0, 0.05) is 60.3 Å². The SMILES string of the molecule is Nc1cc(Oc2cc(Oc3ccc(Br)c(N)c3)c(C3C4CC5CC(C4)CC3C5)cc2Oc2ccc(Br)c(N)c2)ccc1Br. The third-order valence-corrected chi connectivity index (χ3v) is 11.4. The number of ether oxygens (including phenoxy) is 3. The fourth-order valence-corrected chi connectivity index (χ4v) is 8.38. The average molecular weight is 770 g/mol. The van der Waals surface area contributed by atoms with Gasteiger partial charge < -0.3 is 31.4 Å². The third kappa shape index (κ3) is 5.83. The van der Waals surface area contributed by atoms with Crippen LogP contribution in [0.5, 0.6) is 34.5 Å². The van der Waals surface area contributed by atoms with Gasteiger partial charge in [-0.1, -0.05) is 0 Å². The molecule has 0 amide bonds. The van der Waals surface area contributed by atoms with Crippen molar-refractivity contribution in [1.29, 1.82) is 0 Å². The Bertz CT molecular complexity index is 1680. The summed E-state index contributed by atoms with van der Waals surface area (Å²) in [5, 5.41) is 0. The van der Waals surface area contributed by atoms with E-state index in [1.165, 1.54) is 32.1 Å². The maximum Gasteiger partial charge on any atom is 0.173 e. The van der Waals surface area contributed by atoms with E-state index in [-0.39, 0.29) is 0 Å². The summed E-state index contributed by atoms with van der Waals surface area (Å²) in [5.41, 5.74) is 21.6. The first-order valence-corrected chi connectivity index (χ1v) is 16.9. The van der Waals surface area contributed by atoms with Crippen LogP contribution in [0.2, 0.25) is 0 Å². The van der Waals surface area contributed by atoms with Gasteiger partial charge in [0.25, 0.3) is 0 Å². The minimum atomic E-state index is 0.380. The second-order valence-electron chi connectivity index (χ2n) is 12.1. The molecule has 4 aliphatic carbocycles. The van der Waals surface area contributed by atoms with E-state index in [1.54, 1.807) is 6.07 Å². The van der Waals surface area contributed by atoms with Gasteiger partial charge in [0.05, 0.1) is 0 Å². The van der Waals surface area contributed by atoms with Crippen LogP contribution in [0.4, 0.5) is 17.1 Å². The van der Waals surface area contributed by atoms with Crippen molar-refractivity contribution in [3.63, 3.8) is 0 Å². The quantitative estimate of drug-likeness (QED) is 0.162. The van der Waals surface area contributed by atoms with Crippen LogP contribution >= 0.6 is 47.8 Å². The fraction of sp³-hybridized carbons (Fsp3) is 0.294. The smallest absolute Gasteiger partial charge is 0.173 e. The van der Waals surface area contributed by atoms with Gasteiger partial charge in [-0.05, 0) is 152 Å². The Morgan fingerprint density at radius 3 is 1.30 bits per heavy atom. The topological polar surface area (TPSA) is 106 Å². The molecule has 8 rings (SSSR count). The molecular formula is C34H32Br3N3O3. The monoisotopic (exact) mass is 767 g/mol. The number of halogens is 3. The summed E-state index contributed by atoms with van der Waals surface area (Å²) in [4.78, 5) is 0. The van der Waals surface area contributed by atoms with Crippen molar-refractivity contribution in [1.82, 2.24) is 0 Å². The van der Waals surface area contributed by atoms with Crippen LogP contribution in [-0.2, 0) is 0 Å². The molecule has 0 aliphatic heterocycles. The lowest BCUT2D eigenvalue weighted by atomic mass is 9.50. The van der Waals surface area contributed by atoms with E-state index in [9.17, 15) is 0 Å². The molecule has 0 radical (unpaired) electrons. The minimum absolute atomic E-state index is 0.380. The van der Waals surface area contributed by atoms with Crippen molar-refractivity contribution in [3.05, 3.63) is 85.7 Å². The molecule has 0 unspecified atom stereocenters. The Balaban J connectivity index is 1.36. The molecule has 0 atom stereocenters. The van der Waals surface area contributed by atoms with Crippen molar-refractivity contribution in [2.24, 2.45) is 23.7 Å². The maximum atomic E-state index is 6.67. The van der Waals surface area contributed by atoms with Gasteiger partial charge >= 0.3 is 0 Å². The molecule has 4 aromatic carbocycles. The number of rotatable bonds is 7. The second-order valence-corrected chi connectivity index (χ2v) is 14.7. The number of nitrogens with two attached hydrogens (primary N) is 3. The van der Waals surface area contributed by atoms with E-state index in [1.807, 2.05) is 54.6 Å². The second kappa shape index (κ2) is 11.6. The largest absolute Gasteiger partial charge is 0.457 e. The Labute approximate surface area is 276 Å². The van der Waals surface area contributed by atoms with E-state index in [4.69, 9.17) is 31.4 Å². The predicted molar refractivity (Wildman–Crippen MR) is 182 cm³/mol. The zero-order valence-corrected chi connectivity index (χ0v) is 28.1. The van der Waals surface area contributed by atoms with E-state index in [0.717, 1.165) is 36.6 Å². The highest BCUT2D eigenvalue weighted by atomic mass is 79.9. The number of nitrogen functional groups attached to an aromatic ring is 3. The van der Waals surface area contributed by atoms with Crippen LogP contribution in [0.25, 0.3) is 0 Å². The van der Waals surface area contributed by atoms with Crippen molar-refractivity contribution >= 4 is 64.9 Å². The van der Waals surface area contributed by atoms with Gasteiger partial charge in [-0.2, -0.15) is 0 Å². The first kappa shape index (κ1) is 28.9. The zero-order chi connectivity index (χ0) is 29.8. The van der Waals surface area contributed by atoms with Crippen LogP contribution < -0.4 is 31.4 Å². The highest BCUT2D eigenvalue weighted by Crippen LogP contribution is 2.62. The van der Waals surface area contributed by atoms with Crippen LogP contribution in [0.3, 0.4) is 0 Å². The molecule has 4 aliphatic rings. The van der Waals surface area contributed by atoms with Gasteiger partial charge in [0.15, 0.2) is 11.5 Å². The lowest BCUT2D eigenvalue weighted by molar-refractivity contribution is -0.00341. The van der Waals surface area contributed by atoms with Gasteiger partial charge in [-0.3, -0.25) is 0 Å². The Kier molecular flexibility index (Phi) is 7.76. The summed E-state index contributed by atoms with van der Waals surface area (Å²) in [6.07, 6.45) is 6.50. The lowest BCUT2D eigenvalue weighted by Crippen LogP contribution is -2.43. The molecule has 0 aromatic heterocycles. The molecule has 0 heterocycles. The van der Waals surface area contributed by atoms with Crippen LogP contribution in [0.15, 0.2) is 80.1 Å². The van der Waals surface area contributed by atoms with E-state index in [0.29, 0.717) is 63.6 Å². The Morgan fingerprint density at radius 2 is 0.884 bits per heavy atom. The summed E-state index contributed by atoms with van der Waals surface area (Å²) in [6, 6.07) is 20.8. The first-order valence-electron chi connectivity index (χ1n) is 14.6. The van der Waals surface area contributed by atoms with Gasteiger partial charge in [0.2, 0.25) is 0 Å². The molecule has 6 N–H and O–H groups in total. The molecule has 222 valence electrons. The normalized spacial score (nSPS) is 23.7. The summed E-state index contributed by atoms with van der Waals surface area (Å²) in [7, 11) is 0. The Hall–Kier alpha value is -2.88. The zero-order valence-electron chi connectivity index (χ0n) is 23.4. The molecular weight excluding hydrogens is 738 g/mol. The molecule has 4 saturated carbocycles. The maximum absolute atomic E-state index is 6.67. The van der Waals surface area contributed by atoms with Crippen molar-refractivity contribution < 1.29 is 14.2 Å². The molecule has 6 nitrogen and oxygen atoms in total. The summed E-state index contributed by atoms with van der Waals surface area (Å²) in [5.74, 6) is 7.05. The van der Waals surface area contributed by atoms with E-state index < -0.39 is 0 Å². The number of hydrogen-bond donors (Lipinski definition) is 3. The summed E-state index contributed by atoms with van der Waals surface area (Å²) >= 11 is 10.5. The van der Waals surface area contributed by atoms with E-state index >= 15 is 0 Å². The van der Waals surface area contributed by atoms with Gasteiger partial charge in [-0.25, -0.2) is 0 Å². The lowest BCUT2D eigenvalue weighted by Gasteiger charge is -2.54. The van der Waals surface area contributed by atoms with Crippen LogP contribution in [0, 0.1) is 23.7 Å². The third-order valence-electron chi connectivity index (χ3n) is 9.25. The summed E-state index contributed by atoms with van der Waals surface area (Å²) < 4.78 is 22.1. The van der Waals surface area contributed by atoms with E-state index in [2.05, 4.69) is 53.9 Å². The summed E-state index contributed by atoms with van der Waals surface area (Å²) in [6.45, 7) is 0. The van der Waals surface area contributed by atoms with Gasteiger partial charge in [0.1, 0.15) is 23.0 Å². The molecule has 0 spiro atoms. The average Bonchev–Trinajstić information content (AvgIpc) is 2.96. The molecule has 4 fully saturated rings. The van der Waals surface area contributed by atoms with Crippen LogP contribution in [0.1, 0.15) is 43.6 Å². The van der Waals surface area contributed by atoms with Crippen molar-refractivity contribution in [2.45, 2.75) is 38.0 Å². The fourth-order valence-electron chi connectivity index (χ4n) is 7.64. The predicted octanol–water partition coefficient (Wildman–Crippen LogP) is 10.6. The van der Waals surface area contributed by atoms with Gasteiger partial charge in [-0.15, -0.1) is 0 Å².